The third kappa shape index (κ3) is 4.33. The van der Waals surface area contributed by atoms with E-state index in [1.54, 1.807) is 40.1 Å². The Kier molecular flexibility index (Phi) is 5.76. The number of hydrogen-bond acceptors (Lipinski definition) is 5. The number of likely N-dealkylation sites (N-methyl/N-ethyl adjacent to an activating group) is 1. The van der Waals surface area contributed by atoms with Gasteiger partial charge in [-0.25, -0.2) is 0 Å². The van der Waals surface area contributed by atoms with Crippen molar-refractivity contribution in [1.82, 2.24) is 14.8 Å². The Morgan fingerprint density at radius 2 is 1.83 bits per heavy atom. The van der Waals surface area contributed by atoms with Gasteiger partial charge in [-0.3, -0.25) is 19.4 Å². The highest BCUT2D eigenvalue weighted by molar-refractivity contribution is 6.06. The van der Waals surface area contributed by atoms with Crippen molar-refractivity contribution in [2.45, 2.75) is 12.8 Å². The SMILES string of the molecule is CN1CCN(C(=O)c2cc(NC(=O)c3cccc(N4CCCC4=O)c3)ccn2)CC1. The van der Waals surface area contributed by atoms with E-state index in [2.05, 4.69) is 15.2 Å². The highest BCUT2D eigenvalue weighted by atomic mass is 16.2. The van der Waals surface area contributed by atoms with E-state index in [1.165, 1.54) is 6.20 Å². The number of pyridine rings is 1. The summed E-state index contributed by atoms with van der Waals surface area (Å²) in [5, 5.41) is 2.83. The molecule has 0 bridgehead atoms. The number of hydrogen-bond donors (Lipinski definition) is 1. The van der Waals surface area contributed by atoms with Crippen LogP contribution in [0.5, 0.6) is 0 Å². The summed E-state index contributed by atoms with van der Waals surface area (Å²) in [6.45, 7) is 3.66. The maximum Gasteiger partial charge on any atom is 0.272 e. The fourth-order valence-electron chi connectivity index (χ4n) is 3.74. The quantitative estimate of drug-likeness (QED) is 0.836. The van der Waals surface area contributed by atoms with Gasteiger partial charge in [0.15, 0.2) is 0 Å². The largest absolute Gasteiger partial charge is 0.335 e. The normalized spacial score (nSPS) is 17.3. The number of nitrogens with zero attached hydrogens (tertiary/aromatic N) is 4. The number of aromatic nitrogens is 1. The first-order valence-electron chi connectivity index (χ1n) is 10.2. The number of amides is 3. The van der Waals surface area contributed by atoms with Gasteiger partial charge in [0.25, 0.3) is 11.8 Å². The fourth-order valence-corrected chi connectivity index (χ4v) is 3.74. The van der Waals surface area contributed by atoms with Gasteiger partial charge >= 0.3 is 0 Å². The molecule has 4 rings (SSSR count). The second-order valence-corrected chi connectivity index (χ2v) is 7.68. The van der Waals surface area contributed by atoms with Gasteiger partial charge in [0.2, 0.25) is 5.91 Å². The summed E-state index contributed by atoms with van der Waals surface area (Å²) in [7, 11) is 2.03. The van der Waals surface area contributed by atoms with Crippen LogP contribution in [-0.2, 0) is 4.79 Å². The van der Waals surface area contributed by atoms with E-state index in [9.17, 15) is 14.4 Å². The average Bonchev–Trinajstić information content (AvgIpc) is 3.20. The molecule has 0 unspecified atom stereocenters. The van der Waals surface area contributed by atoms with Gasteiger partial charge in [0.1, 0.15) is 5.69 Å². The molecule has 156 valence electrons. The Morgan fingerprint density at radius 3 is 2.57 bits per heavy atom. The third-order valence-electron chi connectivity index (χ3n) is 5.52. The van der Waals surface area contributed by atoms with Crippen molar-refractivity contribution in [3.8, 4) is 0 Å². The van der Waals surface area contributed by atoms with Gasteiger partial charge < -0.3 is 20.0 Å². The molecular formula is C22H25N5O3. The predicted molar refractivity (Wildman–Crippen MR) is 114 cm³/mol. The molecule has 2 aliphatic rings. The monoisotopic (exact) mass is 407 g/mol. The topological polar surface area (TPSA) is 85.9 Å². The van der Waals surface area contributed by atoms with Crippen LogP contribution < -0.4 is 10.2 Å². The Balaban J connectivity index is 1.46. The summed E-state index contributed by atoms with van der Waals surface area (Å²) in [5.41, 5.74) is 2.01. The van der Waals surface area contributed by atoms with Gasteiger partial charge in [-0.2, -0.15) is 0 Å². The molecule has 1 N–H and O–H groups in total. The molecule has 2 aliphatic heterocycles. The summed E-state index contributed by atoms with van der Waals surface area (Å²) in [6, 6.07) is 10.3. The van der Waals surface area contributed by atoms with Crippen LogP contribution in [0.15, 0.2) is 42.6 Å². The minimum atomic E-state index is -0.298. The van der Waals surface area contributed by atoms with Crippen LogP contribution in [-0.4, -0.2) is 72.3 Å². The highest BCUT2D eigenvalue weighted by Crippen LogP contribution is 2.23. The molecule has 0 spiro atoms. The maximum atomic E-state index is 12.7. The first-order chi connectivity index (χ1) is 14.5. The fraction of sp³-hybridized carbons (Fsp3) is 0.364. The van der Waals surface area contributed by atoms with Crippen molar-refractivity contribution in [1.29, 1.82) is 0 Å². The zero-order valence-corrected chi connectivity index (χ0v) is 17.0. The molecule has 2 aromatic rings. The molecule has 8 nitrogen and oxygen atoms in total. The van der Waals surface area contributed by atoms with Crippen molar-refractivity contribution in [3.63, 3.8) is 0 Å². The number of rotatable bonds is 4. The molecule has 2 fully saturated rings. The van der Waals surface area contributed by atoms with E-state index in [-0.39, 0.29) is 17.7 Å². The van der Waals surface area contributed by atoms with Gasteiger partial charge in [-0.05, 0) is 43.8 Å². The Morgan fingerprint density at radius 1 is 1.03 bits per heavy atom. The van der Waals surface area contributed by atoms with Gasteiger partial charge in [0.05, 0.1) is 0 Å². The van der Waals surface area contributed by atoms with Crippen LogP contribution in [0.25, 0.3) is 0 Å². The van der Waals surface area contributed by atoms with Crippen LogP contribution in [0.1, 0.15) is 33.7 Å². The molecule has 1 aromatic carbocycles. The van der Waals surface area contributed by atoms with E-state index in [4.69, 9.17) is 0 Å². The van der Waals surface area contributed by atoms with Crippen molar-refractivity contribution in [3.05, 3.63) is 53.9 Å². The number of nitrogens with one attached hydrogen (secondary N) is 1. The predicted octanol–water partition coefficient (Wildman–Crippen LogP) is 1.85. The van der Waals surface area contributed by atoms with Crippen molar-refractivity contribution >= 4 is 29.1 Å². The van der Waals surface area contributed by atoms with Crippen molar-refractivity contribution in [2.75, 3.05) is 50.0 Å². The number of carbonyl (C=O) groups excluding carboxylic acids is 3. The minimum absolute atomic E-state index is 0.0775. The van der Waals surface area contributed by atoms with Gasteiger partial charge in [-0.1, -0.05) is 6.07 Å². The lowest BCUT2D eigenvalue weighted by Gasteiger charge is -2.32. The summed E-state index contributed by atoms with van der Waals surface area (Å²) < 4.78 is 0. The Bertz CT molecular complexity index is 969. The molecule has 0 aliphatic carbocycles. The Hall–Kier alpha value is -3.26. The molecule has 0 saturated carbocycles. The molecular weight excluding hydrogens is 382 g/mol. The van der Waals surface area contributed by atoms with Crippen LogP contribution in [0.3, 0.4) is 0 Å². The summed E-state index contributed by atoms with van der Waals surface area (Å²) in [5.74, 6) is -0.352. The standard InChI is InChI=1S/C22H25N5O3/c1-25-10-12-26(13-11-25)22(30)19-15-17(7-8-23-19)24-21(29)16-4-2-5-18(14-16)27-9-3-6-20(27)28/h2,4-5,7-8,14-15H,3,6,9-13H2,1H3,(H,23,24,29). The first kappa shape index (κ1) is 20.0. The molecule has 30 heavy (non-hydrogen) atoms. The molecule has 1 aromatic heterocycles. The zero-order valence-electron chi connectivity index (χ0n) is 17.0. The van der Waals surface area contributed by atoms with Crippen molar-refractivity contribution in [2.24, 2.45) is 0 Å². The van der Waals surface area contributed by atoms with E-state index >= 15 is 0 Å². The zero-order chi connectivity index (χ0) is 21.1. The third-order valence-corrected chi connectivity index (χ3v) is 5.52. The second-order valence-electron chi connectivity index (χ2n) is 7.68. The van der Waals surface area contributed by atoms with E-state index in [1.807, 2.05) is 13.1 Å². The smallest absolute Gasteiger partial charge is 0.272 e. The summed E-state index contributed by atoms with van der Waals surface area (Å²) in [4.78, 5) is 47.3. The van der Waals surface area contributed by atoms with Crippen molar-refractivity contribution < 1.29 is 14.4 Å². The molecule has 3 heterocycles. The van der Waals surface area contributed by atoms with E-state index in [0.29, 0.717) is 43.0 Å². The molecule has 8 heteroatoms. The lowest BCUT2D eigenvalue weighted by Crippen LogP contribution is -2.47. The minimum Gasteiger partial charge on any atom is -0.335 e. The lowest BCUT2D eigenvalue weighted by molar-refractivity contribution is -0.117. The lowest BCUT2D eigenvalue weighted by atomic mass is 10.1. The van der Waals surface area contributed by atoms with Gasteiger partial charge in [0, 0.05) is 62.3 Å². The number of piperazine rings is 1. The molecule has 2 saturated heterocycles. The van der Waals surface area contributed by atoms with Gasteiger partial charge in [-0.15, -0.1) is 0 Å². The first-order valence-corrected chi connectivity index (χ1v) is 10.2. The summed E-state index contributed by atoms with van der Waals surface area (Å²) >= 11 is 0. The molecule has 3 amide bonds. The number of anilines is 2. The summed E-state index contributed by atoms with van der Waals surface area (Å²) in [6.07, 6.45) is 2.90. The number of benzene rings is 1. The highest BCUT2D eigenvalue weighted by Gasteiger charge is 2.23. The van der Waals surface area contributed by atoms with Crippen LogP contribution in [0.4, 0.5) is 11.4 Å². The molecule has 0 radical (unpaired) electrons. The van der Waals surface area contributed by atoms with E-state index < -0.39 is 0 Å². The maximum absolute atomic E-state index is 12.7. The van der Waals surface area contributed by atoms with Crippen LogP contribution in [0.2, 0.25) is 0 Å². The van der Waals surface area contributed by atoms with Crippen LogP contribution >= 0.6 is 0 Å². The van der Waals surface area contributed by atoms with Crippen LogP contribution in [0, 0.1) is 0 Å². The average molecular weight is 407 g/mol. The number of carbonyl (C=O) groups is 3. The van der Waals surface area contributed by atoms with E-state index in [0.717, 1.165) is 25.2 Å². The Labute approximate surface area is 175 Å². The molecule has 0 atom stereocenters. The second kappa shape index (κ2) is 8.62.